The van der Waals surface area contributed by atoms with Gasteiger partial charge < -0.3 is 0 Å². The molecule has 0 aliphatic carbocycles. The Labute approximate surface area is 217 Å². The first-order chi connectivity index (χ1) is 18.3. The highest BCUT2D eigenvalue weighted by molar-refractivity contribution is 7.23. The van der Waals surface area contributed by atoms with Crippen LogP contribution in [0.1, 0.15) is 5.56 Å². The van der Waals surface area contributed by atoms with Crippen LogP contribution < -0.4 is 0 Å². The number of hydrogen-bond acceptors (Lipinski definition) is 5. The fourth-order valence-corrected chi connectivity index (χ4v) is 6.13. The van der Waals surface area contributed by atoms with E-state index in [2.05, 4.69) is 81.9 Å². The highest BCUT2D eigenvalue weighted by Gasteiger charge is 2.19. The molecule has 0 unspecified atom stereocenters. The summed E-state index contributed by atoms with van der Waals surface area (Å²) >= 11 is 1.63. The maximum Gasteiger partial charge on any atom is 0.235 e. The second-order valence-corrected chi connectivity index (χ2v) is 9.87. The number of fused-ring (bicyclic) bond motifs is 5. The molecule has 37 heavy (non-hydrogen) atoms. The maximum absolute atomic E-state index is 5.17. The summed E-state index contributed by atoms with van der Waals surface area (Å²) in [5.41, 5.74) is 5.98. The first-order valence-corrected chi connectivity index (χ1v) is 12.8. The lowest BCUT2D eigenvalue weighted by molar-refractivity contribution is 1.01. The largest absolute Gasteiger partial charge is 0.296 e. The Morgan fingerprint density at radius 2 is 1.54 bits per heavy atom. The number of para-hydroxylation sites is 2. The van der Waals surface area contributed by atoms with Crippen molar-refractivity contribution in [3.63, 3.8) is 0 Å². The minimum absolute atomic E-state index is 0.645. The van der Waals surface area contributed by atoms with Gasteiger partial charge in [-0.3, -0.25) is 14.6 Å². The third-order valence-electron chi connectivity index (χ3n) is 6.74. The van der Waals surface area contributed by atoms with Crippen molar-refractivity contribution in [3.05, 3.63) is 96.6 Å². The van der Waals surface area contributed by atoms with Gasteiger partial charge in [0.1, 0.15) is 5.00 Å². The van der Waals surface area contributed by atoms with Crippen LogP contribution in [0.2, 0.25) is 0 Å². The summed E-state index contributed by atoms with van der Waals surface area (Å²) in [5.74, 6) is 0.645. The number of thiophene rings is 1. The van der Waals surface area contributed by atoms with Crippen LogP contribution in [0.25, 0.3) is 60.0 Å². The summed E-state index contributed by atoms with van der Waals surface area (Å²) in [6.45, 7) is 3.78. The first kappa shape index (κ1) is 21.6. The van der Waals surface area contributed by atoms with Gasteiger partial charge in [0.05, 0.1) is 22.2 Å². The number of aromatic nitrogens is 3. The Balaban J connectivity index is 1.62. The molecule has 0 saturated heterocycles. The Morgan fingerprint density at radius 3 is 2.35 bits per heavy atom. The summed E-state index contributed by atoms with van der Waals surface area (Å²) in [6.07, 6.45) is 1.86. The molecule has 0 radical (unpaired) electrons. The molecule has 0 spiro atoms. The molecule has 6 heteroatoms. The fraction of sp³-hybridized carbons (Fsp3) is 0.0323. The Morgan fingerprint density at radius 1 is 0.784 bits per heavy atom. The summed E-state index contributed by atoms with van der Waals surface area (Å²) in [4.78, 5) is 18.8. The second kappa shape index (κ2) is 8.47. The average molecular weight is 496 g/mol. The Bertz CT molecular complexity index is 2010. The maximum atomic E-state index is 5.17. The Kier molecular flexibility index (Phi) is 4.94. The van der Waals surface area contributed by atoms with Gasteiger partial charge in [0.25, 0.3) is 0 Å². The number of aliphatic imine (C=N–C) groups is 2. The molecule has 176 valence electrons. The standard InChI is InChI=1S/C31H21N5S/c1-32-18-24-23-16-27-22(17-28(23)37-30(24)33-2)20-12-7-9-15-26(20)36(27)31-34-25-14-8-6-13-21(25)29(35-31)19-10-4-3-5-11-19/h3-18H,2H2,1H3/b32-18-. The fourth-order valence-electron chi connectivity index (χ4n) is 5.13. The molecule has 0 atom stereocenters. The van der Waals surface area contributed by atoms with Gasteiger partial charge in [-0.05, 0) is 31.0 Å². The van der Waals surface area contributed by atoms with Crippen LogP contribution in [0, 0.1) is 0 Å². The molecule has 0 N–H and O–H groups in total. The van der Waals surface area contributed by atoms with E-state index in [4.69, 9.17) is 9.97 Å². The molecule has 0 amide bonds. The molecule has 7 aromatic rings. The molecule has 3 aromatic heterocycles. The van der Waals surface area contributed by atoms with Crippen molar-refractivity contribution in [3.8, 4) is 17.2 Å². The van der Waals surface area contributed by atoms with Crippen molar-refractivity contribution >= 4 is 72.1 Å². The predicted octanol–water partition coefficient (Wildman–Crippen LogP) is 7.99. The number of benzene rings is 4. The van der Waals surface area contributed by atoms with E-state index < -0.39 is 0 Å². The van der Waals surface area contributed by atoms with E-state index in [0.29, 0.717) is 5.95 Å². The first-order valence-electron chi connectivity index (χ1n) is 12.0. The van der Waals surface area contributed by atoms with Crippen LogP contribution in [0.15, 0.2) is 101 Å². The van der Waals surface area contributed by atoms with Crippen molar-refractivity contribution in [2.75, 3.05) is 7.05 Å². The van der Waals surface area contributed by atoms with Gasteiger partial charge in [-0.2, -0.15) is 0 Å². The minimum atomic E-state index is 0.645. The van der Waals surface area contributed by atoms with Gasteiger partial charge in [-0.15, -0.1) is 11.3 Å². The molecule has 5 nitrogen and oxygen atoms in total. The summed E-state index contributed by atoms with van der Waals surface area (Å²) in [6, 6.07) is 31.4. The third-order valence-corrected chi connectivity index (χ3v) is 7.84. The SMILES string of the molecule is C=Nc1sc2cc3c4ccccc4n(-c4nc(-c5ccccc5)c5ccccc5n4)c3cc2c1/C=N\C. The molecule has 7 rings (SSSR count). The number of rotatable bonds is 4. The summed E-state index contributed by atoms with van der Waals surface area (Å²) < 4.78 is 3.33. The number of nitrogens with zero attached hydrogens (tertiary/aromatic N) is 5. The highest BCUT2D eigenvalue weighted by atomic mass is 32.1. The van der Waals surface area contributed by atoms with E-state index in [-0.39, 0.29) is 0 Å². The third kappa shape index (κ3) is 3.30. The van der Waals surface area contributed by atoms with Crippen LogP contribution in [0.4, 0.5) is 5.00 Å². The van der Waals surface area contributed by atoms with Crippen molar-refractivity contribution in [2.45, 2.75) is 0 Å². The molecule has 4 aromatic carbocycles. The zero-order valence-electron chi connectivity index (χ0n) is 20.1. The van der Waals surface area contributed by atoms with Gasteiger partial charge in [-0.1, -0.05) is 66.7 Å². The van der Waals surface area contributed by atoms with E-state index in [9.17, 15) is 0 Å². The van der Waals surface area contributed by atoms with E-state index in [1.54, 1.807) is 18.4 Å². The monoisotopic (exact) mass is 495 g/mol. The lowest BCUT2D eigenvalue weighted by Crippen LogP contribution is -2.03. The molecular weight excluding hydrogens is 474 g/mol. The Hall–Kier alpha value is -4.68. The lowest BCUT2D eigenvalue weighted by atomic mass is 10.1. The van der Waals surface area contributed by atoms with Crippen LogP contribution >= 0.6 is 11.3 Å². The average Bonchev–Trinajstić information content (AvgIpc) is 3.46. The summed E-state index contributed by atoms with van der Waals surface area (Å²) in [5, 5.41) is 5.31. The van der Waals surface area contributed by atoms with Gasteiger partial charge in [-0.25, -0.2) is 9.97 Å². The van der Waals surface area contributed by atoms with Crippen molar-refractivity contribution in [2.24, 2.45) is 9.98 Å². The van der Waals surface area contributed by atoms with Crippen LogP contribution in [0.3, 0.4) is 0 Å². The van der Waals surface area contributed by atoms with Crippen molar-refractivity contribution in [1.29, 1.82) is 0 Å². The second-order valence-electron chi connectivity index (χ2n) is 8.84. The van der Waals surface area contributed by atoms with Gasteiger partial charge >= 0.3 is 0 Å². The lowest BCUT2D eigenvalue weighted by Gasteiger charge is -2.11. The van der Waals surface area contributed by atoms with Crippen LogP contribution in [0.5, 0.6) is 0 Å². The van der Waals surface area contributed by atoms with Crippen LogP contribution in [-0.4, -0.2) is 34.5 Å². The summed E-state index contributed by atoms with van der Waals surface area (Å²) in [7, 11) is 1.78. The van der Waals surface area contributed by atoms with Gasteiger partial charge in [0.2, 0.25) is 5.95 Å². The van der Waals surface area contributed by atoms with Crippen molar-refractivity contribution < 1.29 is 0 Å². The highest BCUT2D eigenvalue weighted by Crippen LogP contribution is 2.42. The molecule has 0 saturated carbocycles. The number of hydrogen-bond donors (Lipinski definition) is 0. The van der Waals surface area contributed by atoms with Crippen molar-refractivity contribution in [1.82, 2.24) is 14.5 Å². The van der Waals surface area contributed by atoms with E-state index in [1.807, 2.05) is 36.5 Å². The zero-order valence-corrected chi connectivity index (χ0v) is 20.9. The van der Waals surface area contributed by atoms with E-state index >= 15 is 0 Å². The normalized spacial score (nSPS) is 11.9. The van der Waals surface area contributed by atoms with Gasteiger partial charge in [0.15, 0.2) is 0 Å². The molecule has 0 fully saturated rings. The minimum Gasteiger partial charge on any atom is -0.296 e. The predicted molar refractivity (Wildman–Crippen MR) is 157 cm³/mol. The molecular formula is C31H21N5S. The van der Waals surface area contributed by atoms with Crippen LogP contribution in [-0.2, 0) is 0 Å². The van der Waals surface area contributed by atoms with Gasteiger partial charge in [0, 0.05) is 50.6 Å². The van der Waals surface area contributed by atoms with E-state index in [1.165, 1.54) is 0 Å². The quantitative estimate of drug-likeness (QED) is 0.232. The molecule has 0 aliphatic rings. The topological polar surface area (TPSA) is 55.4 Å². The zero-order chi connectivity index (χ0) is 24.9. The molecule has 3 heterocycles. The molecule has 0 bridgehead atoms. The smallest absolute Gasteiger partial charge is 0.235 e. The molecule has 0 aliphatic heterocycles. The van der Waals surface area contributed by atoms with E-state index in [0.717, 1.165) is 64.6 Å².